The molecule has 1 N–H and O–H groups in total. The third-order valence-electron chi connectivity index (χ3n) is 3.33. The van der Waals surface area contributed by atoms with Crippen molar-refractivity contribution in [3.8, 4) is 0 Å². The van der Waals surface area contributed by atoms with Gasteiger partial charge in [0, 0.05) is 24.9 Å². The summed E-state index contributed by atoms with van der Waals surface area (Å²) in [7, 11) is -1.33. The van der Waals surface area contributed by atoms with Crippen molar-refractivity contribution in [2.75, 3.05) is 32.9 Å². The molecule has 0 bridgehead atoms. The van der Waals surface area contributed by atoms with Gasteiger partial charge in [-0.3, -0.25) is 0 Å². The van der Waals surface area contributed by atoms with E-state index >= 15 is 0 Å². The molecule has 0 aliphatic carbocycles. The van der Waals surface area contributed by atoms with Crippen LogP contribution in [0.2, 0.25) is 0 Å². The van der Waals surface area contributed by atoms with Crippen LogP contribution in [-0.4, -0.2) is 56.2 Å². The van der Waals surface area contributed by atoms with Crippen molar-refractivity contribution in [1.82, 2.24) is 9.62 Å². The van der Waals surface area contributed by atoms with Gasteiger partial charge in [0.05, 0.1) is 5.25 Å². The Labute approximate surface area is 110 Å². The second kappa shape index (κ2) is 6.97. The predicted molar refractivity (Wildman–Crippen MR) is 75.0 cm³/mol. The number of sulfonamides is 1. The zero-order chi connectivity index (χ0) is 12.9. The van der Waals surface area contributed by atoms with Crippen LogP contribution >= 0.6 is 11.8 Å². The maximum atomic E-state index is 12.3. The molecule has 0 saturated carbocycles. The maximum absolute atomic E-state index is 12.3. The first-order chi connectivity index (χ1) is 8.02. The molecule has 1 saturated heterocycles. The Morgan fingerprint density at radius 1 is 1.41 bits per heavy atom. The lowest BCUT2D eigenvalue weighted by atomic mass is 10.2. The zero-order valence-corrected chi connectivity index (χ0v) is 12.6. The van der Waals surface area contributed by atoms with Crippen LogP contribution < -0.4 is 5.32 Å². The fourth-order valence-corrected chi connectivity index (χ4v) is 4.55. The average molecular weight is 280 g/mol. The van der Waals surface area contributed by atoms with Gasteiger partial charge in [-0.1, -0.05) is 0 Å². The third-order valence-corrected chi connectivity index (χ3v) is 6.73. The van der Waals surface area contributed by atoms with Gasteiger partial charge in [-0.05, 0) is 39.5 Å². The predicted octanol–water partition coefficient (Wildman–Crippen LogP) is 1.14. The Balaban J connectivity index is 2.65. The highest BCUT2D eigenvalue weighted by atomic mass is 32.2. The van der Waals surface area contributed by atoms with E-state index in [9.17, 15) is 8.42 Å². The molecule has 6 heteroatoms. The minimum absolute atomic E-state index is 0.335. The first kappa shape index (κ1) is 15.3. The highest BCUT2D eigenvalue weighted by Crippen LogP contribution is 2.23. The molecule has 0 aromatic heterocycles. The Morgan fingerprint density at radius 3 is 2.71 bits per heavy atom. The summed E-state index contributed by atoms with van der Waals surface area (Å²) in [6.45, 7) is 3.67. The lowest BCUT2D eigenvalue weighted by Crippen LogP contribution is -2.42. The highest BCUT2D eigenvalue weighted by molar-refractivity contribution is 7.99. The Bertz CT molecular complexity index is 319. The van der Waals surface area contributed by atoms with Gasteiger partial charge in [0.1, 0.15) is 0 Å². The van der Waals surface area contributed by atoms with E-state index in [0.29, 0.717) is 24.9 Å². The van der Waals surface area contributed by atoms with Gasteiger partial charge in [0.25, 0.3) is 0 Å². The lowest BCUT2D eigenvalue weighted by molar-refractivity contribution is 0.416. The molecule has 102 valence electrons. The second-order valence-electron chi connectivity index (χ2n) is 4.60. The van der Waals surface area contributed by atoms with Gasteiger partial charge < -0.3 is 5.32 Å². The van der Waals surface area contributed by atoms with E-state index in [1.165, 1.54) is 0 Å². The van der Waals surface area contributed by atoms with Crippen LogP contribution in [0.15, 0.2) is 0 Å². The van der Waals surface area contributed by atoms with Crippen LogP contribution in [0.1, 0.15) is 26.2 Å². The largest absolute Gasteiger partial charge is 0.318 e. The summed E-state index contributed by atoms with van der Waals surface area (Å²) < 4.78 is 26.3. The topological polar surface area (TPSA) is 49.4 Å². The summed E-state index contributed by atoms with van der Waals surface area (Å²) in [6, 6.07) is 0. The first-order valence-corrected chi connectivity index (χ1v) is 8.97. The van der Waals surface area contributed by atoms with Crippen molar-refractivity contribution in [1.29, 1.82) is 0 Å². The number of nitrogens with one attached hydrogen (secondary N) is 1. The van der Waals surface area contributed by atoms with Crippen LogP contribution in [0.4, 0.5) is 0 Å². The second-order valence-corrected chi connectivity index (χ2v) is 8.09. The van der Waals surface area contributed by atoms with E-state index in [2.05, 4.69) is 11.6 Å². The van der Waals surface area contributed by atoms with Crippen molar-refractivity contribution in [3.05, 3.63) is 0 Å². The Kier molecular flexibility index (Phi) is 6.26. The summed E-state index contributed by atoms with van der Waals surface area (Å²) in [5.74, 6) is 0. The van der Waals surface area contributed by atoms with E-state index in [0.717, 1.165) is 19.3 Å². The molecule has 0 radical (unpaired) electrons. The zero-order valence-electron chi connectivity index (χ0n) is 11.0. The number of rotatable bonds is 5. The fourth-order valence-electron chi connectivity index (χ4n) is 2.18. The monoisotopic (exact) mass is 280 g/mol. The average Bonchev–Trinajstić information content (AvgIpc) is 2.54. The quantitative estimate of drug-likeness (QED) is 0.820. The first-order valence-electron chi connectivity index (χ1n) is 6.18. The molecule has 1 fully saturated rings. The molecule has 17 heavy (non-hydrogen) atoms. The van der Waals surface area contributed by atoms with Gasteiger partial charge >= 0.3 is 0 Å². The number of nitrogens with zero attached hydrogens (tertiary/aromatic N) is 1. The van der Waals surface area contributed by atoms with Crippen LogP contribution in [-0.2, 0) is 10.0 Å². The molecule has 0 aromatic rings. The summed E-state index contributed by atoms with van der Waals surface area (Å²) in [4.78, 5) is 0. The van der Waals surface area contributed by atoms with E-state index < -0.39 is 10.0 Å². The molecule has 0 amide bonds. The molecule has 4 nitrogen and oxygen atoms in total. The molecule has 2 atom stereocenters. The lowest BCUT2D eigenvalue weighted by Gasteiger charge is -2.24. The van der Waals surface area contributed by atoms with Crippen molar-refractivity contribution >= 4 is 21.8 Å². The van der Waals surface area contributed by atoms with Crippen molar-refractivity contribution in [2.45, 2.75) is 36.7 Å². The van der Waals surface area contributed by atoms with Gasteiger partial charge in [-0.2, -0.15) is 11.8 Å². The molecule has 1 heterocycles. The van der Waals surface area contributed by atoms with Crippen LogP contribution in [0, 0.1) is 0 Å². The Morgan fingerprint density at radius 2 is 2.12 bits per heavy atom. The number of hydrogen-bond acceptors (Lipinski definition) is 4. The van der Waals surface area contributed by atoms with Gasteiger partial charge in [-0.15, -0.1) is 0 Å². The van der Waals surface area contributed by atoms with Crippen molar-refractivity contribution < 1.29 is 8.42 Å². The van der Waals surface area contributed by atoms with Gasteiger partial charge in [-0.25, -0.2) is 12.7 Å². The summed E-state index contributed by atoms with van der Waals surface area (Å²) >= 11 is 1.86. The Hall–Kier alpha value is 0.220. The molecule has 1 aliphatic heterocycles. The fraction of sp³-hybridized carbons (Fsp3) is 1.00. The summed E-state index contributed by atoms with van der Waals surface area (Å²) in [6.07, 6.45) is 5.20. The third kappa shape index (κ3) is 4.12. The minimum Gasteiger partial charge on any atom is -0.318 e. The van der Waals surface area contributed by atoms with Crippen LogP contribution in [0.25, 0.3) is 0 Å². The van der Waals surface area contributed by atoms with Gasteiger partial charge in [0.15, 0.2) is 0 Å². The van der Waals surface area contributed by atoms with E-state index in [1.807, 2.05) is 11.8 Å². The summed E-state index contributed by atoms with van der Waals surface area (Å²) in [5, 5.41) is 3.22. The number of thioether (sulfide) groups is 1. The minimum atomic E-state index is -3.12. The SMILES string of the molecule is CNCC(C)S(=O)(=O)N1CCCC(SC)CC1. The normalized spacial score (nSPS) is 25.5. The number of hydrogen-bond donors (Lipinski definition) is 1. The van der Waals surface area contributed by atoms with E-state index in [4.69, 9.17) is 0 Å². The molecular formula is C11H24N2O2S2. The van der Waals surface area contributed by atoms with Crippen molar-refractivity contribution in [3.63, 3.8) is 0 Å². The smallest absolute Gasteiger partial charge is 0.217 e. The van der Waals surface area contributed by atoms with Crippen LogP contribution in [0.3, 0.4) is 0 Å². The molecule has 0 spiro atoms. The summed E-state index contributed by atoms with van der Waals surface area (Å²) in [5.41, 5.74) is 0. The standard InChI is InChI=1S/C11H24N2O2S2/c1-10(9-12-2)17(14,15)13-7-4-5-11(16-3)6-8-13/h10-12H,4-9H2,1-3H3. The van der Waals surface area contributed by atoms with Crippen molar-refractivity contribution in [2.24, 2.45) is 0 Å². The van der Waals surface area contributed by atoms with Gasteiger partial charge in [0.2, 0.25) is 10.0 Å². The molecule has 2 unspecified atom stereocenters. The molecular weight excluding hydrogens is 256 g/mol. The maximum Gasteiger partial charge on any atom is 0.217 e. The van der Waals surface area contributed by atoms with E-state index in [-0.39, 0.29) is 5.25 Å². The molecule has 1 aliphatic rings. The highest BCUT2D eigenvalue weighted by Gasteiger charge is 2.30. The molecule has 0 aromatic carbocycles. The van der Waals surface area contributed by atoms with Crippen LogP contribution in [0.5, 0.6) is 0 Å². The molecule has 1 rings (SSSR count). The van der Waals surface area contributed by atoms with E-state index in [1.54, 1.807) is 18.3 Å².